The van der Waals surface area contributed by atoms with Crippen LogP contribution in [0.5, 0.6) is 0 Å². The van der Waals surface area contributed by atoms with E-state index >= 15 is 0 Å². The van der Waals surface area contributed by atoms with Gasteiger partial charge in [-0.15, -0.1) is 0 Å². The van der Waals surface area contributed by atoms with Crippen LogP contribution in [-0.4, -0.2) is 27.2 Å². The fraction of sp³-hybridized carbons (Fsp3) is 0. The standard InChI is InChI=1S/C7H6N2O4/c10-6(9-13)4-1-2-8-5(3-4)7(11)12/h1-3,13H,(H,9,10)(H,11,12). The van der Waals surface area contributed by atoms with Gasteiger partial charge in [-0.1, -0.05) is 0 Å². The van der Waals surface area contributed by atoms with Crippen molar-refractivity contribution >= 4 is 11.9 Å². The van der Waals surface area contributed by atoms with Crippen LogP contribution >= 0.6 is 0 Å². The van der Waals surface area contributed by atoms with Crippen LogP contribution in [0.2, 0.25) is 0 Å². The van der Waals surface area contributed by atoms with Crippen molar-refractivity contribution in [3.63, 3.8) is 0 Å². The molecular weight excluding hydrogens is 176 g/mol. The molecule has 0 bridgehead atoms. The molecule has 6 heteroatoms. The summed E-state index contributed by atoms with van der Waals surface area (Å²) in [7, 11) is 0. The number of pyridine rings is 1. The van der Waals surface area contributed by atoms with E-state index in [0.29, 0.717) is 0 Å². The molecular formula is C7H6N2O4. The van der Waals surface area contributed by atoms with Gasteiger partial charge in [0.1, 0.15) is 5.69 Å². The molecule has 0 radical (unpaired) electrons. The number of aromatic nitrogens is 1. The van der Waals surface area contributed by atoms with Crippen LogP contribution in [0.4, 0.5) is 0 Å². The summed E-state index contributed by atoms with van der Waals surface area (Å²) in [6, 6.07) is 2.35. The van der Waals surface area contributed by atoms with Crippen molar-refractivity contribution in [3.05, 3.63) is 29.6 Å². The average molecular weight is 182 g/mol. The second kappa shape index (κ2) is 3.63. The largest absolute Gasteiger partial charge is 0.477 e. The minimum Gasteiger partial charge on any atom is -0.477 e. The fourth-order valence-corrected chi connectivity index (χ4v) is 0.753. The molecule has 0 fully saturated rings. The van der Waals surface area contributed by atoms with Crippen molar-refractivity contribution in [3.8, 4) is 0 Å². The maximum atomic E-state index is 10.8. The summed E-state index contributed by atoms with van der Waals surface area (Å²) in [6.07, 6.45) is 1.17. The highest BCUT2D eigenvalue weighted by atomic mass is 16.5. The van der Waals surface area contributed by atoms with Gasteiger partial charge in [-0.2, -0.15) is 0 Å². The topological polar surface area (TPSA) is 99.5 Å². The molecule has 68 valence electrons. The van der Waals surface area contributed by atoms with Crippen LogP contribution in [0.15, 0.2) is 18.3 Å². The zero-order valence-corrected chi connectivity index (χ0v) is 6.39. The SMILES string of the molecule is O=C(NO)c1ccnc(C(=O)O)c1. The molecule has 0 atom stereocenters. The van der Waals surface area contributed by atoms with Gasteiger partial charge in [-0.05, 0) is 12.1 Å². The first-order chi connectivity index (χ1) is 6.15. The number of nitrogens with zero attached hydrogens (tertiary/aromatic N) is 1. The molecule has 0 aliphatic carbocycles. The maximum Gasteiger partial charge on any atom is 0.354 e. The van der Waals surface area contributed by atoms with Crippen molar-refractivity contribution in [2.24, 2.45) is 0 Å². The molecule has 0 saturated heterocycles. The third-order valence-corrected chi connectivity index (χ3v) is 1.34. The fourth-order valence-electron chi connectivity index (χ4n) is 0.753. The van der Waals surface area contributed by atoms with E-state index in [4.69, 9.17) is 10.3 Å². The van der Waals surface area contributed by atoms with Crippen LogP contribution in [0.25, 0.3) is 0 Å². The number of rotatable bonds is 2. The molecule has 1 aromatic rings. The number of hydrogen-bond donors (Lipinski definition) is 3. The smallest absolute Gasteiger partial charge is 0.354 e. The number of hydroxylamine groups is 1. The van der Waals surface area contributed by atoms with Gasteiger partial charge in [0.15, 0.2) is 0 Å². The molecule has 0 aliphatic rings. The number of aromatic carboxylic acids is 1. The van der Waals surface area contributed by atoms with E-state index in [1.165, 1.54) is 17.7 Å². The van der Waals surface area contributed by atoms with Gasteiger partial charge < -0.3 is 5.11 Å². The van der Waals surface area contributed by atoms with E-state index in [0.717, 1.165) is 6.07 Å². The summed E-state index contributed by atoms with van der Waals surface area (Å²) in [5.41, 5.74) is 1.18. The highest BCUT2D eigenvalue weighted by Crippen LogP contribution is 2.01. The zero-order valence-electron chi connectivity index (χ0n) is 6.39. The second-order valence-corrected chi connectivity index (χ2v) is 2.18. The first-order valence-corrected chi connectivity index (χ1v) is 3.29. The van der Waals surface area contributed by atoms with Gasteiger partial charge in [0.2, 0.25) is 0 Å². The predicted molar refractivity (Wildman–Crippen MR) is 40.4 cm³/mol. The van der Waals surface area contributed by atoms with Crippen molar-refractivity contribution in [1.82, 2.24) is 10.5 Å². The number of carboxylic acid groups (broad SMARTS) is 1. The molecule has 1 aromatic heterocycles. The summed E-state index contributed by atoms with van der Waals surface area (Å²) in [5, 5.41) is 16.8. The van der Waals surface area contributed by atoms with E-state index < -0.39 is 11.9 Å². The quantitative estimate of drug-likeness (QED) is 0.438. The lowest BCUT2D eigenvalue weighted by atomic mass is 10.2. The molecule has 1 amide bonds. The monoisotopic (exact) mass is 182 g/mol. The lowest BCUT2D eigenvalue weighted by Crippen LogP contribution is -2.19. The van der Waals surface area contributed by atoms with Gasteiger partial charge >= 0.3 is 5.97 Å². The number of carbonyl (C=O) groups is 2. The summed E-state index contributed by atoms with van der Waals surface area (Å²) in [5.74, 6) is -2.00. The van der Waals surface area contributed by atoms with E-state index in [1.54, 1.807) is 0 Å². The Balaban J connectivity index is 3.05. The van der Waals surface area contributed by atoms with Crippen LogP contribution in [-0.2, 0) is 0 Å². The molecule has 0 spiro atoms. The Morgan fingerprint density at radius 2 is 2.15 bits per heavy atom. The normalized spacial score (nSPS) is 9.31. The molecule has 13 heavy (non-hydrogen) atoms. The molecule has 0 aromatic carbocycles. The van der Waals surface area contributed by atoms with Gasteiger partial charge in [-0.25, -0.2) is 15.3 Å². The van der Waals surface area contributed by atoms with Crippen LogP contribution in [0, 0.1) is 0 Å². The molecule has 0 aliphatic heterocycles. The van der Waals surface area contributed by atoms with Crippen LogP contribution < -0.4 is 5.48 Å². The van der Waals surface area contributed by atoms with E-state index in [9.17, 15) is 9.59 Å². The second-order valence-electron chi connectivity index (χ2n) is 2.18. The number of hydrogen-bond acceptors (Lipinski definition) is 4. The maximum absolute atomic E-state index is 10.8. The van der Waals surface area contributed by atoms with Crippen molar-refractivity contribution < 1.29 is 19.9 Å². The Morgan fingerprint density at radius 3 is 2.69 bits per heavy atom. The van der Waals surface area contributed by atoms with E-state index in [2.05, 4.69) is 4.98 Å². The van der Waals surface area contributed by atoms with Crippen LogP contribution in [0.1, 0.15) is 20.8 Å². The van der Waals surface area contributed by atoms with Gasteiger partial charge in [0.05, 0.1) is 0 Å². The highest BCUT2D eigenvalue weighted by molar-refractivity contribution is 5.95. The zero-order chi connectivity index (χ0) is 9.84. The van der Waals surface area contributed by atoms with Crippen molar-refractivity contribution in [2.45, 2.75) is 0 Å². The summed E-state index contributed by atoms with van der Waals surface area (Å²) in [6.45, 7) is 0. The summed E-state index contributed by atoms with van der Waals surface area (Å²) < 4.78 is 0. The molecule has 0 unspecified atom stereocenters. The molecule has 3 N–H and O–H groups in total. The van der Waals surface area contributed by atoms with Crippen molar-refractivity contribution in [2.75, 3.05) is 0 Å². The minimum atomic E-state index is -1.23. The lowest BCUT2D eigenvalue weighted by molar-refractivity contribution is 0.0690. The molecule has 6 nitrogen and oxygen atoms in total. The number of carboxylic acids is 1. The Kier molecular flexibility index (Phi) is 2.56. The first kappa shape index (κ1) is 9.14. The Labute approximate surface area is 72.8 Å². The number of carbonyl (C=O) groups excluding carboxylic acids is 1. The highest BCUT2D eigenvalue weighted by Gasteiger charge is 2.09. The van der Waals surface area contributed by atoms with Gasteiger partial charge in [0.25, 0.3) is 5.91 Å². The third kappa shape index (κ3) is 2.00. The molecule has 1 rings (SSSR count). The lowest BCUT2D eigenvalue weighted by Gasteiger charge is -1.98. The first-order valence-electron chi connectivity index (χ1n) is 3.29. The van der Waals surface area contributed by atoms with Gasteiger partial charge in [-0.3, -0.25) is 10.0 Å². The average Bonchev–Trinajstić information content (AvgIpc) is 2.17. The third-order valence-electron chi connectivity index (χ3n) is 1.34. The molecule has 1 heterocycles. The summed E-state index contributed by atoms with van der Waals surface area (Å²) >= 11 is 0. The molecule has 0 saturated carbocycles. The number of nitrogens with one attached hydrogen (secondary N) is 1. The Morgan fingerprint density at radius 1 is 1.46 bits per heavy atom. The van der Waals surface area contributed by atoms with Gasteiger partial charge in [0, 0.05) is 11.8 Å². The number of amides is 1. The van der Waals surface area contributed by atoms with E-state index in [-0.39, 0.29) is 11.3 Å². The predicted octanol–water partition coefficient (Wildman–Crippen LogP) is -0.101. The summed E-state index contributed by atoms with van der Waals surface area (Å²) in [4.78, 5) is 24.7. The minimum absolute atomic E-state index is 0.0369. The Hall–Kier alpha value is -1.95. The van der Waals surface area contributed by atoms with E-state index in [1.807, 2.05) is 0 Å². The van der Waals surface area contributed by atoms with Crippen molar-refractivity contribution in [1.29, 1.82) is 0 Å². The van der Waals surface area contributed by atoms with Crippen LogP contribution in [0.3, 0.4) is 0 Å². The Bertz CT molecular complexity index is 350.